The Morgan fingerprint density at radius 2 is 1.45 bits per heavy atom. The Kier molecular flexibility index (Phi) is 7.41. The molecule has 0 amide bonds. The highest BCUT2D eigenvalue weighted by atomic mass is 16.5. The average Bonchev–Trinajstić information content (AvgIpc) is 3.26. The van der Waals surface area contributed by atoms with Crippen LogP contribution in [-0.2, 0) is 24.1 Å². The van der Waals surface area contributed by atoms with Crippen LogP contribution in [0.4, 0.5) is 0 Å². The van der Waals surface area contributed by atoms with Crippen molar-refractivity contribution in [3.8, 4) is 16.9 Å². The van der Waals surface area contributed by atoms with Gasteiger partial charge in [-0.15, -0.1) is 0 Å². The van der Waals surface area contributed by atoms with E-state index >= 15 is 0 Å². The van der Waals surface area contributed by atoms with E-state index in [9.17, 15) is 4.79 Å². The van der Waals surface area contributed by atoms with Gasteiger partial charge in [-0.3, -0.25) is 4.79 Å². The summed E-state index contributed by atoms with van der Waals surface area (Å²) in [4.78, 5) is 15.6. The highest BCUT2D eigenvalue weighted by molar-refractivity contribution is 5.81. The first-order chi connectivity index (χ1) is 16.1. The molecule has 0 spiro atoms. The van der Waals surface area contributed by atoms with Crippen molar-refractivity contribution >= 4 is 5.78 Å². The van der Waals surface area contributed by atoms with E-state index in [4.69, 9.17) is 4.74 Å². The van der Waals surface area contributed by atoms with Crippen LogP contribution in [-0.4, -0.2) is 17.4 Å². The van der Waals surface area contributed by atoms with E-state index in [1.54, 1.807) is 0 Å². The molecule has 4 rings (SSSR count). The quantitative estimate of drug-likeness (QED) is 0.301. The molecule has 0 radical (unpaired) electrons. The maximum Gasteiger partial charge on any atom is 0.137 e. The van der Waals surface area contributed by atoms with Gasteiger partial charge < -0.3 is 9.72 Å². The van der Waals surface area contributed by atoms with E-state index in [1.165, 1.54) is 27.8 Å². The van der Waals surface area contributed by atoms with Crippen LogP contribution in [0.2, 0.25) is 0 Å². The lowest BCUT2D eigenvalue weighted by Crippen LogP contribution is -2.06. The number of H-pyrrole nitrogens is 1. The molecule has 4 aromatic rings. The largest absolute Gasteiger partial charge is 0.493 e. The minimum absolute atomic E-state index is 0.290. The number of aryl methyl sites for hydroxylation is 3. The first-order valence-electron chi connectivity index (χ1n) is 11.6. The zero-order valence-corrected chi connectivity index (χ0v) is 19.4. The van der Waals surface area contributed by atoms with E-state index in [-0.39, 0.29) is 5.78 Å². The van der Waals surface area contributed by atoms with Crippen LogP contribution in [0.25, 0.3) is 11.1 Å². The predicted octanol–water partition coefficient (Wildman–Crippen LogP) is 6.66. The van der Waals surface area contributed by atoms with Crippen molar-refractivity contribution < 1.29 is 9.53 Å². The molecule has 33 heavy (non-hydrogen) atoms. The Morgan fingerprint density at radius 1 is 0.758 bits per heavy atom. The van der Waals surface area contributed by atoms with E-state index in [1.807, 2.05) is 48.8 Å². The lowest BCUT2D eigenvalue weighted by atomic mass is 9.99. The van der Waals surface area contributed by atoms with E-state index in [2.05, 4.69) is 55.2 Å². The third-order valence-electron chi connectivity index (χ3n) is 6.14. The smallest absolute Gasteiger partial charge is 0.137 e. The van der Waals surface area contributed by atoms with Gasteiger partial charge >= 0.3 is 0 Å². The summed E-state index contributed by atoms with van der Waals surface area (Å²) in [6, 6.07) is 24.8. The molecule has 1 N–H and O–H groups in total. The van der Waals surface area contributed by atoms with Gasteiger partial charge in [0.15, 0.2) is 0 Å². The molecule has 0 saturated carbocycles. The normalized spacial score (nSPS) is 10.8. The minimum atomic E-state index is 0.290. The Bertz CT molecular complexity index is 1200. The second kappa shape index (κ2) is 10.8. The number of aromatic amines is 1. The van der Waals surface area contributed by atoms with Gasteiger partial charge in [0, 0.05) is 42.8 Å². The molecule has 3 heteroatoms. The average molecular weight is 438 g/mol. The highest BCUT2D eigenvalue weighted by Crippen LogP contribution is 2.31. The van der Waals surface area contributed by atoms with Crippen LogP contribution in [0.5, 0.6) is 5.75 Å². The van der Waals surface area contributed by atoms with Crippen molar-refractivity contribution in [3.63, 3.8) is 0 Å². The molecule has 0 aliphatic carbocycles. The third kappa shape index (κ3) is 6.01. The standard InChI is InChI=1S/C30H31NO2/c1-22-7-3-4-8-26(22)19-27(32)16-15-24-11-13-25(14-12-24)17-18-33-30-10-6-5-9-28(30)29-21-31-20-23(29)2/h3-14,20-21,31H,15-19H2,1-2H3. The fourth-order valence-electron chi connectivity index (χ4n) is 4.09. The zero-order valence-electron chi connectivity index (χ0n) is 19.4. The van der Waals surface area contributed by atoms with Crippen LogP contribution in [0.3, 0.4) is 0 Å². The first-order valence-corrected chi connectivity index (χ1v) is 11.6. The van der Waals surface area contributed by atoms with Crippen molar-refractivity contribution in [2.24, 2.45) is 0 Å². The van der Waals surface area contributed by atoms with E-state index < -0.39 is 0 Å². The number of rotatable bonds is 10. The number of aromatic nitrogens is 1. The number of nitrogens with one attached hydrogen (secondary N) is 1. The summed E-state index contributed by atoms with van der Waals surface area (Å²) in [5.41, 5.74) is 8.24. The van der Waals surface area contributed by atoms with Gasteiger partial charge in [-0.2, -0.15) is 0 Å². The Labute approximate surface area is 196 Å². The molecule has 3 nitrogen and oxygen atoms in total. The van der Waals surface area contributed by atoms with Crippen LogP contribution in [0, 0.1) is 13.8 Å². The number of carbonyl (C=O) groups excluding carboxylic acids is 1. The number of Topliss-reactive ketones (excluding diaryl/α,β-unsaturated/α-hetero) is 1. The van der Waals surface area contributed by atoms with Crippen molar-refractivity contribution in [2.45, 2.75) is 39.5 Å². The molecular weight excluding hydrogens is 406 g/mol. The zero-order chi connectivity index (χ0) is 23.0. The summed E-state index contributed by atoms with van der Waals surface area (Å²) in [6.45, 7) is 4.78. The third-order valence-corrected chi connectivity index (χ3v) is 6.14. The van der Waals surface area contributed by atoms with Gasteiger partial charge in [0.05, 0.1) is 6.61 Å². The van der Waals surface area contributed by atoms with Crippen molar-refractivity contribution in [1.82, 2.24) is 4.98 Å². The first kappa shape index (κ1) is 22.6. The fourth-order valence-corrected chi connectivity index (χ4v) is 4.09. The predicted molar refractivity (Wildman–Crippen MR) is 135 cm³/mol. The number of para-hydroxylation sites is 1. The minimum Gasteiger partial charge on any atom is -0.493 e. The summed E-state index contributed by atoms with van der Waals surface area (Å²) in [7, 11) is 0. The molecule has 3 aromatic carbocycles. The second-order valence-electron chi connectivity index (χ2n) is 8.61. The SMILES string of the molecule is Cc1ccccc1CC(=O)CCc1ccc(CCOc2ccccc2-c2c[nH]cc2C)cc1. The Balaban J connectivity index is 1.26. The maximum atomic E-state index is 12.4. The summed E-state index contributed by atoms with van der Waals surface area (Å²) >= 11 is 0. The van der Waals surface area contributed by atoms with Gasteiger partial charge in [0.25, 0.3) is 0 Å². The molecule has 1 aromatic heterocycles. The maximum absolute atomic E-state index is 12.4. The fraction of sp³-hybridized carbons (Fsp3) is 0.233. The Hall–Kier alpha value is -3.59. The van der Waals surface area contributed by atoms with Crippen LogP contribution in [0.1, 0.15) is 34.2 Å². The lowest BCUT2D eigenvalue weighted by Gasteiger charge is -2.12. The summed E-state index contributed by atoms with van der Waals surface area (Å²) in [5, 5.41) is 0. The Morgan fingerprint density at radius 3 is 2.18 bits per heavy atom. The molecule has 0 unspecified atom stereocenters. The second-order valence-corrected chi connectivity index (χ2v) is 8.61. The van der Waals surface area contributed by atoms with E-state index in [0.29, 0.717) is 19.4 Å². The van der Waals surface area contributed by atoms with Crippen molar-refractivity contribution in [1.29, 1.82) is 0 Å². The van der Waals surface area contributed by atoms with Gasteiger partial charge in [-0.25, -0.2) is 0 Å². The van der Waals surface area contributed by atoms with Gasteiger partial charge in [0.1, 0.15) is 11.5 Å². The molecule has 0 aliphatic heterocycles. The molecule has 1 heterocycles. The monoisotopic (exact) mass is 437 g/mol. The molecule has 0 bridgehead atoms. The summed E-state index contributed by atoms with van der Waals surface area (Å²) in [5.74, 6) is 1.20. The van der Waals surface area contributed by atoms with E-state index in [0.717, 1.165) is 29.7 Å². The molecule has 168 valence electrons. The van der Waals surface area contributed by atoms with Gasteiger partial charge in [-0.05, 0) is 54.2 Å². The van der Waals surface area contributed by atoms with Crippen LogP contribution < -0.4 is 4.74 Å². The number of hydrogen-bond donors (Lipinski definition) is 1. The number of hydrogen-bond acceptors (Lipinski definition) is 2. The van der Waals surface area contributed by atoms with Gasteiger partial charge in [-0.1, -0.05) is 66.7 Å². The van der Waals surface area contributed by atoms with Crippen LogP contribution >= 0.6 is 0 Å². The van der Waals surface area contributed by atoms with Crippen molar-refractivity contribution in [2.75, 3.05) is 6.61 Å². The van der Waals surface area contributed by atoms with Crippen LogP contribution in [0.15, 0.2) is 85.2 Å². The molecular formula is C30H31NO2. The summed E-state index contributed by atoms with van der Waals surface area (Å²) < 4.78 is 6.14. The lowest BCUT2D eigenvalue weighted by molar-refractivity contribution is -0.118. The van der Waals surface area contributed by atoms with Gasteiger partial charge in [0.2, 0.25) is 0 Å². The number of ether oxygens (including phenoxy) is 1. The molecule has 0 aliphatic rings. The molecule has 0 saturated heterocycles. The number of ketones is 1. The highest BCUT2D eigenvalue weighted by Gasteiger charge is 2.09. The molecule has 0 atom stereocenters. The topological polar surface area (TPSA) is 42.1 Å². The van der Waals surface area contributed by atoms with Crippen molar-refractivity contribution in [3.05, 3.63) is 113 Å². The summed E-state index contributed by atoms with van der Waals surface area (Å²) in [6.07, 6.45) is 6.74. The molecule has 0 fully saturated rings. The number of benzene rings is 3. The number of carbonyl (C=O) groups is 1.